The van der Waals surface area contributed by atoms with Gasteiger partial charge >= 0.3 is 5.97 Å². The first-order valence-corrected chi connectivity index (χ1v) is 5.67. The van der Waals surface area contributed by atoms with Gasteiger partial charge in [0, 0.05) is 5.56 Å². The summed E-state index contributed by atoms with van der Waals surface area (Å²) in [5.74, 6) is -1.91. The van der Waals surface area contributed by atoms with Gasteiger partial charge in [0.2, 0.25) is 0 Å². The maximum atomic E-state index is 13.8. The van der Waals surface area contributed by atoms with Gasteiger partial charge in [0.05, 0.1) is 12.7 Å². The third-order valence-corrected chi connectivity index (χ3v) is 2.81. The molecule has 0 N–H and O–H groups in total. The first-order chi connectivity index (χ1) is 9.02. The first kappa shape index (κ1) is 13.2. The molecule has 0 aliphatic carbocycles. The first-order valence-electron chi connectivity index (χ1n) is 5.67. The third-order valence-electron chi connectivity index (χ3n) is 2.81. The number of methoxy groups -OCH3 is 1. The lowest BCUT2D eigenvalue weighted by Crippen LogP contribution is -2.04. The molecule has 0 fully saturated rings. The molecule has 19 heavy (non-hydrogen) atoms. The molecule has 0 heterocycles. The van der Waals surface area contributed by atoms with Crippen LogP contribution in [0.2, 0.25) is 0 Å². The molecule has 0 amide bonds. The highest BCUT2D eigenvalue weighted by Gasteiger charge is 2.14. The summed E-state index contributed by atoms with van der Waals surface area (Å²) >= 11 is 0. The minimum atomic E-state index is -0.756. The lowest BCUT2D eigenvalue weighted by molar-refractivity contribution is 0.0595. The summed E-state index contributed by atoms with van der Waals surface area (Å²) in [5.41, 5.74) is 1.29. The molecule has 2 rings (SSSR count). The number of ether oxygens (including phenoxy) is 1. The monoisotopic (exact) mass is 262 g/mol. The van der Waals surface area contributed by atoms with Crippen molar-refractivity contribution in [3.8, 4) is 11.1 Å². The molecule has 0 saturated carbocycles. The van der Waals surface area contributed by atoms with Gasteiger partial charge < -0.3 is 4.74 Å². The molecule has 98 valence electrons. The van der Waals surface area contributed by atoms with E-state index in [0.29, 0.717) is 11.1 Å². The Balaban J connectivity index is 2.47. The Bertz CT molecular complexity index is 636. The van der Waals surface area contributed by atoms with E-state index in [0.717, 1.165) is 11.6 Å². The Hall–Kier alpha value is -2.23. The number of halogens is 2. The summed E-state index contributed by atoms with van der Waals surface area (Å²) in [6, 6.07) is 8.60. The third kappa shape index (κ3) is 2.62. The van der Waals surface area contributed by atoms with E-state index in [1.807, 2.05) is 0 Å². The fraction of sp³-hybridized carbons (Fsp3) is 0.133. The van der Waals surface area contributed by atoms with E-state index in [1.165, 1.54) is 25.3 Å². The number of esters is 1. The molecule has 0 saturated heterocycles. The zero-order valence-electron chi connectivity index (χ0n) is 10.5. The van der Waals surface area contributed by atoms with E-state index >= 15 is 0 Å². The van der Waals surface area contributed by atoms with Crippen molar-refractivity contribution in [3.05, 3.63) is 59.2 Å². The topological polar surface area (TPSA) is 26.3 Å². The molecule has 0 spiro atoms. The van der Waals surface area contributed by atoms with E-state index < -0.39 is 17.6 Å². The molecule has 0 unspecified atom stereocenters. The van der Waals surface area contributed by atoms with Crippen LogP contribution >= 0.6 is 0 Å². The van der Waals surface area contributed by atoms with Crippen LogP contribution in [0.5, 0.6) is 0 Å². The zero-order chi connectivity index (χ0) is 14.0. The van der Waals surface area contributed by atoms with Crippen molar-refractivity contribution in [1.82, 2.24) is 0 Å². The summed E-state index contributed by atoms with van der Waals surface area (Å²) < 4.78 is 32.0. The molecule has 0 atom stereocenters. The van der Waals surface area contributed by atoms with Crippen LogP contribution in [-0.2, 0) is 4.74 Å². The van der Waals surface area contributed by atoms with Crippen LogP contribution in [0.25, 0.3) is 11.1 Å². The summed E-state index contributed by atoms with van der Waals surface area (Å²) in [5, 5.41) is 0. The van der Waals surface area contributed by atoms with Crippen molar-refractivity contribution in [2.75, 3.05) is 7.11 Å². The molecule has 2 aromatic carbocycles. The highest BCUT2D eigenvalue weighted by Crippen LogP contribution is 2.25. The van der Waals surface area contributed by atoms with Crippen molar-refractivity contribution in [1.29, 1.82) is 0 Å². The smallest absolute Gasteiger partial charge is 0.340 e. The minimum absolute atomic E-state index is 0.168. The molecule has 0 aromatic heterocycles. The molecular weight excluding hydrogens is 250 g/mol. The molecule has 2 nitrogen and oxygen atoms in total. The summed E-state index contributed by atoms with van der Waals surface area (Å²) in [7, 11) is 1.18. The van der Waals surface area contributed by atoms with Crippen molar-refractivity contribution in [3.63, 3.8) is 0 Å². The average Bonchev–Trinajstić information content (AvgIpc) is 2.37. The summed E-state index contributed by atoms with van der Waals surface area (Å²) in [6.07, 6.45) is 0. The number of hydrogen-bond donors (Lipinski definition) is 0. The predicted molar refractivity (Wildman–Crippen MR) is 67.9 cm³/mol. The SMILES string of the molecule is COC(=O)c1ccc(-c2ccc(C)cc2F)cc1F. The van der Waals surface area contributed by atoms with Crippen LogP contribution in [0.4, 0.5) is 8.78 Å². The van der Waals surface area contributed by atoms with Gasteiger partial charge in [-0.2, -0.15) is 0 Å². The summed E-state index contributed by atoms with van der Waals surface area (Å²) in [6.45, 7) is 1.77. The normalized spacial score (nSPS) is 10.3. The van der Waals surface area contributed by atoms with Crippen molar-refractivity contribution in [2.24, 2.45) is 0 Å². The average molecular weight is 262 g/mol. The van der Waals surface area contributed by atoms with Crippen LogP contribution in [0, 0.1) is 18.6 Å². The Morgan fingerprint density at radius 1 is 1.05 bits per heavy atom. The lowest BCUT2D eigenvalue weighted by Gasteiger charge is -2.07. The number of carbonyl (C=O) groups excluding carboxylic acids is 1. The number of carbonyl (C=O) groups is 1. The Morgan fingerprint density at radius 3 is 2.37 bits per heavy atom. The standard InChI is InChI=1S/C15H12F2O2/c1-9-3-5-11(13(16)7-9)10-4-6-12(14(17)8-10)15(18)19-2/h3-8H,1-2H3. The second-order valence-electron chi connectivity index (χ2n) is 4.17. The Labute approximate surface area is 109 Å². The molecule has 0 aliphatic heterocycles. The molecule has 0 radical (unpaired) electrons. The maximum Gasteiger partial charge on any atom is 0.340 e. The number of rotatable bonds is 2. The van der Waals surface area contributed by atoms with E-state index in [9.17, 15) is 13.6 Å². The van der Waals surface area contributed by atoms with Crippen LogP contribution < -0.4 is 0 Å². The van der Waals surface area contributed by atoms with Gasteiger partial charge in [0.1, 0.15) is 11.6 Å². The van der Waals surface area contributed by atoms with Gasteiger partial charge in [-0.15, -0.1) is 0 Å². The number of benzene rings is 2. The fourth-order valence-corrected chi connectivity index (χ4v) is 1.81. The largest absolute Gasteiger partial charge is 0.465 e. The molecule has 4 heteroatoms. The quantitative estimate of drug-likeness (QED) is 0.771. The van der Waals surface area contributed by atoms with E-state index in [2.05, 4.69) is 4.74 Å². The van der Waals surface area contributed by atoms with E-state index in [1.54, 1.807) is 19.1 Å². The second-order valence-corrected chi connectivity index (χ2v) is 4.17. The Kier molecular flexibility index (Phi) is 3.60. The van der Waals surface area contributed by atoms with Gasteiger partial charge in [-0.05, 0) is 36.2 Å². The van der Waals surface area contributed by atoms with Gasteiger partial charge in [-0.3, -0.25) is 0 Å². The van der Waals surface area contributed by atoms with Crippen LogP contribution in [-0.4, -0.2) is 13.1 Å². The van der Waals surface area contributed by atoms with Crippen LogP contribution in [0.1, 0.15) is 15.9 Å². The van der Waals surface area contributed by atoms with Gasteiger partial charge in [-0.1, -0.05) is 18.2 Å². The molecule has 0 aliphatic rings. The van der Waals surface area contributed by atoms with Gasteiger partial charge in [0.15, 0.2) is 0 Å². The van der Waals surface area contributed by atoms with Crippen molar-refractivity contribution < 1.29 is 18.3 Å². The van der Waals surface area contributed by atoms with E-state index in [4.69, 9.17) is 0 Å². The fourth-order valence-electron chi connectivity index (χ4n) is 1.81. The van der Waals surface area contributed by atoms with E-state index in [-0.39, 0.29) is 5.56 Å². The second kappa shape index (κ2) is 5.18. The zero-order valence-corrected chi connectivity index (χ0v) is 10.5. The van der Waals surface area contributed by atoms with Gasteiger partial charge in [-0.25, -0.2) is 13.6 Å². The molecular formula is C15H12F2O2. The number of hydrogen-bond acceptors (Lipinski definition) is 2. The highest BCUT2D eigenvalue weighted by atomic mass is 19.1. The maximum absolute atomic E-state index is 13.8. The van der Waals surface area contributed by atoms with Crippen molar-refractivity contribution in [2.45, 2.75) is 6.92 Å². The van der Waals surface area contributed by atoms with Crippen LogP contribution in [0.15, 0.2) is 36.4 Å². The highest BCUT2D eigenvalue weighted by molar-refractivity contribution is 5.90. The minimum Gasteiger partial charge on any atom is -0.465 e. The van der Waals surface area contributed by atoms with Crippen molar-refractivity contribution >= 4 is 5.97 Å². The Morgan fingerprint density at radius 2 is 1.79 bits per heavy atom. The molecule has 2 aromatic rings. The predicted octanol–water partition coefficient (Wildman–Crippen LogP) is 3.73. The van der Waals surface area contributed by atoms with Crippen LogP contribution in [0.3, 0.4) is 0 Å². The molecule has 0 bridgehead atoms. The summed E-state index contributed by atoms with van der Waals surface area (Å²) in [4.78, 5) is 11.3. The number of aryl methyl sites for hydroxylation is 1. The lowest BCUT2D eigenvalue weighted by atomic mass is 10.0. The van der Waals surface area contributed by atoms with Gasteiger partial charge in [0.25, 0.3) is 0 Å².